The van der Waals surface area contributed by atoms with Gasteiger partial charge in [-0.1, -0.05) is 11.6 Å². The minimum Gasteiger partial charge on any atom is -0.497 e. The lowest BCUT2D eigenvalue weighted by atomic mass is 10.3. The van der Waals surface area contributed by atoms with Crippen molar-refractivity contribution in [2.75, 3.05) is 7.11 Å². The van der Waals surface area contributed by atoms with Gasteiger partial charge in [-0.15, -0.1) is 11.3 Å². The predicted molar refractivity (Wildman–Crippen MR) is 119 cm³/mol. The largest absolute Gasteiger partial charge is 0.497 e. The maximum Gasteiger partial charge on any atom is 0.243 e. The number of sulfonamides is 1. The van der Waals surface area contributed by atoms with Crippen LogP contribution in [0, 0.1) is 0 Å². The quantitative estimate of drug-likeness (QED) is 0.444. The van der Waals surface area contributed by atoms with Crippen molar-refractivity contribution in [3.63, 3.8) is 0 Å². The molecule has 0 N–H and O–H groups in total. The molecule has 0 aliphatic carbocycles. The Morgan fingerprint density at radius 3 is 2.30 bits per heavy atom. The van der Waals surface area contributed by atoms with Crippen molar-refractivity contribution in [1.82, 2.24) is 9.29 Å². The normalized spacial score (nSPS) is 11.8. The van der Waals surface area contributed by atoms with Crippen LogP contribution in [0.4, 0.5) is 0 Å². The zero-order valence-corrected chi connectivity index (χ0v) is 19.3. The number of hydrogen-bond acceptors (Lipinski definition) is 6. The van der Waals surface area contributed by atoms with E-state index in [9.17, 15) is 8.42 Å². The number of hydrogen-bond donors (Lipinski definition) is 0. The van der Waals surface area contributed by atoms with E-state index in [0.717, 1.165) is 5.01 Å². The van der Waals surface area contributed by atoms with Crippen LogP contribution in [0.3, 0.4) is 0 Å². The van der Waals surface area contributed by atoms with Gasteiger partial charge in [0.15, 0.2) is 0 Å². The zero-order chi connectivity index (χ0) is 21.7. The third kappa shape index (κ3) is 5.51. The lowest BCUT2D eigenvalue weighted by Crippen LogP contribution is -2.36. The van der Waals surface area contributed by atoms with Crippen molar-refractivity contribution in [2.24, 2.45) is 0 Å². The van der Waals surface area contributed by atoms with E-state index in [2.05, 4.69) is 4.98 Å². The third-order valence-electron chi connectivity index (χ3n) is 4.34. The Hall–Kier alpha value is -2.13. The fraction of sp³-hybridized carbons (Fsp3) is 0.286. The first-order valence-electron chi connectivity index (χ1n) is 9.27. The van der Waals surface area contributed by atoms with E-state index in [0.29, 0.717) is 28.8 Å². The summed E-state index contributed by atoms with van der Waals surface area (Å²) in [7, 11) is -2.13. The average Bonchev–Trinajstić information content (AvgIpc) is 3.19. The van der Waals surface area contributed by atoms with E-state index in [1.165, 1.54) is 15.6 Å². The van der Waals surface area contributed by atoms with Crippen LogP contribution in [0.5, 0.6) is 11.5 Å². The molecule has 0 saturated heterocycles. The van der Waals surface area contributed by atoms with E-state index < -0.39 is 10.0 Å². The van der Waals surface area contributed by atoms with Gasteiger partial charge >= 0.3 is 0 Å². The van der Waals surface area contributed by atoms with Gasteiger partial charge < -0.3 is 9.47 Å². The van der Waals surface area contributed by atoms with Gasteiger partial charge in [-0.25, -0.2) is 13.4 Å². The SMILES string of the molecule is COc1ccc(S(=O)(=O)N(Cc2csc(COc3ccc(Cl)cc3)n2)C(C)C)cc1. The molecule has 0 aliphatic rings. The van der Waals surface area contributed by atoms with Gasteiger partial charge in [0, 0.05) is 16.4 Å². The molecule has 0 unspecified atom stereocenters. The predicted octanol–water partition coefficient (Wildman–Crippen LogP) is 4.98. The molecule has 0 saturated carbocycles. The summed E-state index contributed by atoms with van der Waals surface area (Å²) in [5, 5.41) is 3.27. The fourth-order valence-electron chi connectivity index (χ4n) is 2.75. The van der Waals surface area contributed by atoms with Crippen LogP contribution in [0.1, 0.15) is 24.5 Å². The number of ether oxygens (including phenoxy) is 2. The maximum absolute atomic E-state index is 13.1. The Morgan fingerprint density at radius 1 is 1.07 bits per heavy atom. The van der Waals surface area contributed by atoms with Crippen LogP contribution in [0.15, 0.2) is 58.8 Å². The fourth-order valence-corrected chi connectivity index (χ4v) is 5.18. The summed E-state index contributed by atoms with van der Waals surface area (Å²) in [4.78, 5) is 4.76. The molecular weight excluding hydrogens is 444 g/mol. The van der Waals surface area contributed by atoms with Crippen molar-refractivity contribution in [3.8, 4) is 11.5 Å². The first kappa shape index (κ1) is 22.6. The summed E-state index contributed by atoms with van der Waals surface area (Å²) in [6, 6.07) is 13.3. The number of nitrogens with zero attached hydrogens (tertiary/aromatic N) is 2. The maximum atomic E-state index is 13.1. The molecule has 6 nitrogen and oxygen atoms in total. The van der Waals surface area contributed by atoms with Crippen molar-refractivity contribution < 1.29 is 17.9 Å². The van der Waals surface area contributed by atoms with Gasteiger partial charge in [-0.2, -0.15) is 4.31 Å². The smallest absolute Gasteiger partial charge is 0.243 e. The number of rotatable bonds is 9. The summed E-state index contributed by atoms with van der Waals surface area (Å²) in [5.41, 5.74) is 0.681. The summed E-state index contributed by atoms with van der Waals surface area (Å²) in [5.74, 6) is 1.30. The molecule has 2 aromatic carbocycles. The van der Waals surface area contributed by atoms with Crippen LogP contribution >= 0.6 is 22.9 Å². The highest BCUT2D eigenvalue weighted by Gasteiger charge is 2.28. The number of benzene rings is 2. The number of methoxy groups -OCH3 is 1. The molecule has 30 heavy (non-hydrogen) atoms. The second-order valence-electron chi connectivity index (χ2n) is 6.79. The topological polar surface area (TPSA) is 68.7 Å². The van der Waals surface area contributed by atoms with Gasteiger partial charge in [-0.05, 0) is 62.4 Å². The Kier molecular flexibility index (Phi) is 7.36. The molecule has 0 spiro atoms. The molecule has 0 amide bonds. The van der Waals surface area contributed by atoms with E-state index in [1.807, 2.05) is 19.2 Å². The lowest BCUT2D eigenvalue weighted by molar-refractivity contribution is 0.304. The lowest BCUT2D eigenvalue weighted by Gasteiger charge is -2.25. The summed E-state index contributed by atoms with van der Waals surface area (Å²) in [6.45, 7) is 4.18. The Bertz CT molecular complexity index is 1070. The highest BCUT2D eigenvalue weighted by molar-refractivity contribution is 7.89. The first-order valence-corrected chi connectivity index (χ1v) is 12.0. The van der Waals surface area contributed by atoms with Crippen LogP contribution in [-0.4, -0.2) is 30.9 Å². The highest BCUT2D eigenvalue weighted by atomic mass is 35.5. The molecule has 1 aromatic heterocycles. The molecule has 0 aliphatic heterocycles. The van der Waals surface area contributed by atoms with E-state index >= 15 is 0 Å². The first-order chi connectivity index (χ1) is 14.3. The summed E-state index contributed by atoms with van der Waals surface area (Å²) < 4.78 is 38.6. The van der Waals surface area contributed by atoms with Crippen LogP contribution in [0.2, 0.25) is 5.02 Å². The molecule has 0 atom stereocenters. The minimum atomic E-state index is -3.67. The number of thiazole rings is 1. The second-order valence-corrected chi connectivity index (χ2v) is 10.1. The molecular formula is C21H23ClN2O4S2. The van der Waals surface area contributed by atoms with E-state index in [-0.39, 0.29) is 17.5 Å². The summed E-state index contributed by atoms with van der Waals surface area (Å²) >= 11 is 7.31. The molecule has 3 aromatic rings. The van der Waals surface area contributed by atoms with Crippen molar-refractivity contribution >= 4 is 33.0 Å². The third-order valence-corrected chi connectivity index (χ3v) is 7.49. The van der Waals surface area contributed by atoms with Gasteiger partial charge in [0.1, 0.15) is 23.1 Å². The Labute approximate surface area is 186 Å². The molecule has 160 valence electrons. The molecule has 3 rings (SSSR count). The van der Waals surface area contributed by atoms with Crippen molar-refractivity contribution in [2.45, 2.75) is 37.9 Å². The summed E-state index contributed by atoms with van der Waals surface area (Å²) in [6.07, 6.45) is 0. The Morgan fingerprint density at radius 2 is 1.70 bits per heavy atom. The van der Waals surface area contributed by atoms with Crippen LogP contribution in [-0.2, 0) is 23.2 Å². The molecule has 0 fully saturated rings. The molecule has 9 heteroatoms. The molecule has 0 bridgehead atoms. The Balaban J connectivity index is 1.71. The van der Waals surface area contributed by atoms with Crippen molar-refractivity contribution in [1.29, 1.82) is 0 Å². The van der Waals surface area contributed by atoms with Gasteiger partial charge in [0.2, 0.25) is 10.0 Å². The molecule has 1 heterocycles. The standard InChI is InChI=1S/C21H23ClN2O4S2/c1-15(2)24(30(25,26)20-10-8-18(27-3)9-11-20)12-17-14-29-21(23-17)13-28-19-6-4-16(22)5-7-19/h4-11,14-15H,12-13H2,1-3H3. The zero-order valence-electron chi connectivity index (χ0n) is 16.9. The average molecular weight is 467 g/mol. The number of halogens is 1. The van der Waals surface area contributed by atoms with E-state index in [1.54, 1.807) is 55.6 Å². The minimum absolute atomic E-state index is 0.184. The van der Waals surface area contributed by atoms with E-state index in [4.69, 9.17) is 21.1 Å². The number of aromatic nitrogens is 1. The van der Waals surface area contributed by atoms with Gasteiger partial charge in [0.25, 0.3) is 0 Å². The van der Waals surface area contributed by atoms with Gasteiger partial charge in [0.05, 0.1) is 24.2 Å². The van der Waals surface area contributed by atoms with Gasteiger partial charge in [-0.3, -0.25) is 0 Å². The van der Waals surface area contributed by atoms with Crippen LogP contribution < -0.4 is 9.47 Å². The second kappa shape index (κ2) is 9.78. The highest BCUT2D eigenvalue weighted by Crippen LogP contribution is 2.24. The monoisotopic (exact) mass is 466 g/mol. The van der Waals surface area contributed by atoms with Crippen LogP contribution in [0.25, 0.3) is 0 Å². The van der Waals surface area contributed by atoms with Crippen molar-refractivity contribution in [3.05, 3.63) is 69.6 Å². The molecule has 0 radical (unpaired) electrons.